The van der Waals surface area contributed by atoms with Crippen LogP contribution in [0.2, 0.25) is 0 Å². The minimum absolute atomic E-state index is 0.0168. The van der Waals surface area contributed by atoms with Crippen LogP contribution in [0.4, 0.5) is 10.5 Å². The maximum atomic E-state index is 12.9. The van der Waals surface area contributed by atoms with Crippen molar-refractivity contribution in [2.75, 3.05) is 31.6 Å². The number of carbonyl (C=O) groups is 2. The molecule has 2 unspecified atom stereocenters. The number of nitrogens with zero attached hydrogens (tertiary/aromatic N) is 3. The number of carbonyl (C=O) groups excluding carboxylic acids is 2. The van der Waals surface area contributed by atoms with Crippen LogP contribution in [0.15, 0.2) is 24.3 Å². The van der Waals surface area contributed by atoms with Crippen molar-refractivity contribution < 1.29 is 14.3 Å². The first kappa shape index (κ1) is 15.3. The monoisotopic (exact) mass is 329 g/mol. The molecule has 128 valence electrons. The number of fused-ring (bicyclic) bond motifs is 1. The topological polar surface area (TPSA) is 53.1 Å². The summed E-state index contributed by atoms with van der Waals surface area (Å²) in [4.78, 5) is 31.1. The first-order valence-corrected chi connectivity index (χ1v) is 8.59. The smallest absolute Gasteiger partial charge is 0.327 e. The van der Waals surface area contributed by atoms with Gasteiger partial charge in [-0.2, -0.15) is 0 Å². The van der Waals surface area contributed by atoms with Crippen molar-refractivity contribution in [1.82, 2.24) is 9.80 Å². The van der Waals surface area contributed by atoms with E-state index in [1.165, 1.54) is 4.90 Å². The average molecular weight is 329 g/mol. The summed E-state index contributed by atoms with van der Waals surface area (Å²) in [5, 5.41) is 0. The maximum Gasteiger partial charge on any atom is 0.327 e. The number of benzene rings is 1. The third-order valence-corrected chi connectivity index (χ3v) is 5.71. The number of imide groups is 1. The third kappa shape index (κ3) is 2.01. The number of ether oxygens (including phenoxy) is 1. The fourth-order valence-electron chi connectivity index (χ4n) is 4.35. The van der Waals surface area contributed by atoms with Crippen LogP contribution in [0.5, 0.6) is 5.75 Å². The summed E-state index contributed by atoms with van der Waals surface area (Å²) in [5.74, 6) is 0.807. The van der Waals surface area contributed by atoms with Crippen molar-refractivity contribution in [2.45, 2.75) is 37.8 Å². The number of hydrogen-bond acceptors (Lipinski definition) is 4. The molecule has 6 heteroatoms. The molecule has 3 heterocycles. The van der Waals surface area contributed by atoms with Crippen LogP contribution < -0.4 is 9.64 Å². The molecule has 4 rings (SSSR count). The van der Waals surface area contributed by atoms with E-state index in [-0.39, 0.29) is 18.0 Å². The summed E-state index contributed by atoms with van der Waals surface area (Å²) < 4.78 is 5.44. The Morgan fingerprint density at radius 2 is 2.00 bits per heavy atom. The Morgan fingerprint density at radius 3 is 2.75 bits per heavy atom. The van der Waals surface area contributed by atoms with Crippen LogP contribution in [0.3, 0.4) is 0 Å². The lowest BCUT2D eigenvalue weighted by Gasteiger charge is -2.25. The lowest BCUT2D eigenvalue weighted by molar-refractivity contribution is -0.133. The van der Waals surface area contributed by atoms with Crippen LogP contribution in [0.1, 0.15) is 26.2 Å². The highest BCUT2D eigenvalue weighted by molar-refractivity contribution is 6.07. The van der Waals surface area contributed by atoms with Crippen molar-refractivity contribution in [3.63, 3.8) is 0 Å². The van der Waals surface area contributed by atoms with Crippen molar-refractivity contribution >= 4 is 17.6 Å². The van der Waals surface area contributed by atoms with Gasteiger partial charge in [0.15, 0.2) is 0 Å². The second-order valence-corrected chi connectivity index (χ2v) is 7.05. The molecule has 1 aromatic rings. The van der Waals surface area contributed by atoms with Crippen LogP contribution in [-0.4, -0.2) is 60.1 Å². The highest BCUT2D eigenvalue weighted by Crippen LogP contribution is 2.40. The van der Waals surface area contributed by atoms with Crippen molar-refractivity contribution in [3.8, 4) is 5.75 Å². The van der Waals surface area contributed by atoms with E-state index in [1.807, 2.05) is 31.2 Å². The number of amides is 3. The molecule has 3 amide bonds. The molecule has 0 spiro atoms. The molecule has 0 radical (unpaired) electrons. The Kier molecular flexibility index (Phi) is 3.44. The van der Waals surface area contributed by atoms with E-state index in [0.29, 0.717) is 13.1 Å². The SMILES string of the molecule is COc1ccccc1N1CCC(N2C(=O)N3CCCC3(C)C2=O)C1. The number of hydrogen-bond donors (Lipinski definition) is 0. The summed E-state index contributed by atoms with van der Waals surface area (Å²) in [6.45, 7) is 4.09. The summed E-state index contributed by atoms with van der Waals surface area (Å²) in [6, 6.07) is 7.72. The molecule has 6 nitrogen and oxygen atoms in total. The third-order valence-electron chi connectivity index (χ3n) is 5.71. The Bertz CT molecular complexity index is 692. The van der Waals surface area contributed by atoms with Gasteiger partial charge in [0.2, 0.25) is 0 Å². The lowest BCUT2D eigenvalue weighted by atomic mass is 9.99. The van der Waals surface area contributed by atoms with Gasteiger partial charge in [-0.15, -0.1) is 0 Å². The molecular weight excluding hydrogens is 306 g/mol. The van der Waals surface area contributed by atoms with E-state index < -0.39 is 5.54 Å². The Balaban J connectivity index is 1.55. The zero-order chi connectivity index (χ0) is 16.9. The molecule has 0 aliphatic carbocycles. The number of urea groups is 1. The average Bonchev–Trinajstić information content (AvgIpc) is 3.26. The second kappa shape index (κ2) is 5.40. The minimum Gasteiger partial charge on any atom is -0.495 e. The van der Waals surface area contributed by atoms with Gasteiger partial charge in [0, 0.05) is 19.6 Å². The molecule has 0 bridgehead atoms. The molecule has 0 aromatic heterocycles. The van der Waals surface area contributed by atoms with Gasteiger partial charge in [-0.3, -0.25) is 9.69 Å². The zero-order valence-corrected chi connectivity index (χ0v) is 14.2. The molecular formula is C18H23N3O3. The highest BCUT2D eigenvalue weighted by Gasteiger charge is 2.58. The van der Waals surface area contributed by atoms with Crippen LogP contribution in [0.25, 0.3) is 0 Å². The van der Waals surface area contributed by atoms with E-state index >= 15 is 0 Å². The van der Waals surface area contributed by atoms with Crippen LogP contribution in [0, 0.1) is 0 Å². The summed E-state index contributed by atoms with van der Waals surface area (Å²) >= 11 is 0. The van der Waals surface area contributed by atoms with Crippen LogP contribution in [-0.2, 0) is 4.79 Å². The van der Waals surface area contributed by atoms with E-state index in [1.54, 1.807) is 12.0 Å². The number of anilines is 1. The quantitative estimate of drug-likeness (QED) is 0.797. The van der Waals surface area contributed by atoms with Crippen LogP contribution >= 0.6 is 0 Å². The van der Waals surface area contributed by atoms with Gasteiger partial charge in [0.1, 0.15) is 11.3 Å². The van der Waals surface area contributed by atoms with Gasteiger partial charge in [0.05, 0.1) is 18.8 Å². The van der Waals surface area contributed by atoms with E-state index in [2.05, 4.69) is 4.90 Å². The number of rotatable bonds is 3. The zero-order valence-electron chi connectivity index (χ0n) is 14.2. The molecule has 3 fully saturated rings. The minimum atomic E-state index is -0.616. The summed E-state index contributed by atoms with van der Waals surface area (Å²) in [7, 11) is 1.66. The van der Waals surface area contributed by atoms with Gasteiger partial charge in [0.25, 0.3) is 5.91 Å². The van der Waals surface area contributed by atoms with Gasteiger partial charge in [-0.25, -0.2) is 4.79 Å². The predicted molar refractivity (Wildman–Crippen MR) is 90.2 cm³/mol. The van der Waals surface area contributed by atoms with Gasteiger partial charge in [-0.05, 0) is 38.3 Å². The van der Waals surface area contributed by atoms with E-state index in [0.717, 1.165) is 37.2 Å². The normalized spacial score (nSPS) is 29.6. The van der Waals surface area contributed by atoms with Gasteiger partial charge in [-0.1, -0.05) is 12.1 Å². The molecule has 3 aliphatic heterocycles. The van der Waals surface area contributed by atoms with Crippen molar-refractivity contribution in [2.24, 2.45) is 0 Å². The van der Waals surface area contributed by atoms with Gasteiger partial charge >= 0.3 is 6.03 Å². The molecule has 0 saturated carbocycles. The largest absolute Gasteiger partial charge is 0.495 e. The predicted octanol–water partition coefficient (Wildman–Crippen LogP) is 2.09. The summed E-state index contributed by atoms with van der Waals surface area (Å²) in [5.41, 5.74) is 0.405. The molecule has 24 heavy (non-hydrogen) atoms. The molecule has 2 atom stereocenters. The number of methoxy groups -OCH3 is 1. The molecule has 3 aliphatic rings. The standard InChI is InChI=1S/C18H23N3O3/c1-18-9-5-10-20(18)17(23)21(16(18)22)13-8-11-19(12-13)14-6-3-4-7-15(14)24-2/h3-4,6-7,13H,5,8-12H2,1-2H3. The molecule has 1 aromatic carbocycles. The Morgan fingerprint density at radius 1 is 1.21 bits per heavy atom. The highest BCUT2D eigenvalue weighted by atomic mass is 16.5. The molecule has 0 N–H and O–H groups in total. The Hall–Kier alpha value is -2.24. The summed E-state index contributed by atoms with van der Waals surface area (Å²) in [6.07, 6.45) is 2.50. The van der Waals surface area contributed by atoms with Crippen molar-refractivity contribution in [3.05, 3.63) is 24.3 Å². The van der Waals surface area contributed by atoms with E-state index in [9.17, 15) is 9.59 Å². The fraction of sp³-hybridized carbons (Fsp3) is 0.556. The first-order valence-electron chi connectivity index (χ1n) is 8.59. The van der Waals surface area contributed by atoms with E-state index in [4.69, 9.17) is 4.74 Å². The number of para-hydroxylation sites is 2. The lowest BCUT2D eigenvalue weighted by Crippen LogP contribution is -2.45. The maximum absolute atomic E-state index is 12.9. The Labute approximate surface area is 142 Å². The fourth-order valence-corrected chi connectivity index (χ4v) is 4.35. The molecule has 3 saturated heterocycles. The first-order chi connectivity index (χ1) is 11.6. The second-order valence-electron chi connectivity index (χ2n) is 7.05. The van der Waals surface area contributed by atoms with Crippen molar-refractivity contribution in [1.29, 1.82) is 0 Å². The van der Waals surface area contributed by atoms with Gasteiger partial charge < -0.3 is 14.5 Å².